The fourth-order valence-electron chi connectivity index (χ4n) is 1.96. The summed E-state index contributed by atoms with van der Waals surface area (Å²) in [5.41, 5.74) is 7.88. The molecule has 0 heterocycles. The number of hydrogen-bond donors (Lipinski definition) is 1. The maximum Gasteiger partial charge on any atom is 0.118 e. The Morgan fingerprint density at radius 1 is 1.00 bits per heavy atom. The maximum absolute atomic E-state index is 6.40. The van der Waals surface area contributed by atoms with Gasteiger partial charge in [-0.2, -0.15) is 0 Å². The SMILES string of the molecule is COc1ccc(CC(C)(N)CCC(C)(C)C)cc1. The molecule has 0 spiro atoms. The van der Waals surface area contributed by atoms with Crippen molar-refractivity contribution in [3.8, 4) is 5.75 Å². The lowest BCUT2D eigenvalue weighted by atomic mass is 9.81. The highest BCUT2D eigenvalue weighted by Crippen LogP contribution is 2.26. The fraction of sp³-hybridized carbons (Fsp3) is 0.625. The van der Waals surface area contributed by atoms with E-state index < -0.39 is 0 Å². The predicted molar refractivity (Wildman–Crippen MR) is 78.0 cm³/mol. The molecule has 1 atom stereocenters. The number of benzene rings is 1. The van der Waals surface area contributed by atoms with Crippen LogP contribution in [0.5, 0.6) is 5.75 Å². The molecule has 0 amide bonds. The summed E-state index contributed by atoms with van der Waals surface area (Å²) in [7, 11) is 1.69. The number of rotatable bonds is 5. The molecule has 0 saturated heterocycles. The highest BCUT2D eigenvalue weighted by Gasteiger charge is 2.22. The van der Waals surface area contributed by atoms with Crippen LogP contribution in [0, 0.1) is 5.41 Å². The first-order valence-electron chi connectivity index (χ1n) is 6.64. The third-order valence-corrected chi connectivity index (χ3v) is 3.21. The smallest absolute Gasteiger partial charge is 0.118 e. The van der Waals surface area contributed by atoms with E-state index in [1.807, 2.05) is 12.1 Å². The lowest BCUT2D eigenvalue weighted by Crippen LogP contribution is -2.39. The van der Waals surface area contributed by atoms with Crippen molar-refractivity contribution < 1.29 is 4.74 Å². The van der Waals surface area contributed by atoms with Crippen molar-refractivity contribution in [1.82, 2.24) is 0 Å². The van der Waals surface area contributed by atoms with E-state index in [0.29, 0.717) is 5.41 Å². The summed E-state index contributed by atoms with van der Waals surface area (Å²) in [6.45, 7) is 8.92. The van der Waals surface area contributed by atoms with Gasteiger partial charge in [0.15, 0.2) is 0 Å². The van der Waals surface area contributed by atoms with Gasteiger partial charge < -0.3 is 10.5 Å². The second-order valence-corrected chi connectivity index (χ2v) is 6.74. The molecule has 0 aliphatic heterocycles. The van der Waals surface area contributed by atoms with E-state index >= 15 is 0 Å². The first-order chi connectivity index (χ1) is 8.22. The molecule has 0 bridgehead atoms. The summed E-state index contributed by atoms with van der Waals surface area (Å²) in [5.74, 6) is 0.896. The molecule has 102 valence electrons. The molecule has 1 aromatic carbocycles. The lowest BCUT2D eigenvalue weighted by molar-refractivity contribution is 0.303. The minimum absolute atomic E-state index is 0.137. The highest BCUT2D eigenvalue weighted by atomic mass is 16.5. The van der Waals surface area contributed by atoms with Gasteiger partial charge >= 0.3 is 0 Å². The van der Waals surface area contributed by atoms with Crippen LogP contribution in [0.3, 0.4) is 0 Å². The van der Waals surface area contributed by atoms with Gasteiger partial charge in [-0.05, 0) is 49.3 Å². The van der Waals surface area contributed by atoms with Gasteiger partial charge in [0, 0.05) is 5.54 Å². The first kappa shape index (κ1) is 15.0. The quantitative estimate of drug-likeness (QED) is 0.862. The fourth-order valence-corrected chi connectivity index (χ4v) is 1.96. The van der Waals surface area contributed by atoms with E-state index in [-0.39, 0.29) is 5.54 Å². The molecule has 0 aromatic heterocycles. The molecular weight excluding hydrogens is 222 g/mol. The summed E-state index contributed by atoms with van der Waals surface area (Å²) in [4.78, 5) is 0. The van der Waals surface area contributed by atoms with Crippen LogP contribution < -0.4 is 10.5 Å². The van der Waals surface area contributed by atoms with Crippen molar-refractivity contribution in [3.05, 3.63) is 29.8 Å². The van der Waals surface area contributed by atoms with Gasteiger partial charge in [0.2, 0.25) is 0 Å². The topological polar surface area (TPSA) is 35.2 Å². The van der Waals surface area contributed by atoms with E-state index in [4.69, 9.17) is 10.5 Å². The number of nitrogens with two attached hydrogens (primary N) is 1. The Hall–Kier alpha value is -1.02. The van der Waals surface area contributed by atoms with Crippen LogP contribution in [0.15, 0.2) is 24.3 Å². The summed E-state index contributed by atoms with van der Waals surface area (Å²) in [5, 5.41) is 0. The van der Waals surface area contributed by atoms with Crippen molar-refractivity contribution >= 4 is 0 Å². The molecule has 0 radical (unpaired) electrons. The molecule has 0 aliphatic rings. The van der Waals surface area contributed by atoms with Gasteiger partial charge in [-0.1, -0.05) is 32.9 Å². The Morgan fingerprint density at radius 2 is 1.56 bits per heavy atom. The molecule has 2 heteroatoms. The van der Waals surface area contributed by atoms with Crippen molar-refractivity contribution in [3.63, 3.8) is 0 Å². The monoisotopic (exact) mass is 249 g/mol. The first-order valence-corrected chi connectivity index (χ1v) is 6.64. The molecule has 0 saturated carbocycles. The minimum atomic E-state index is -0.137. The Bertz CT molecular complexity index is 360. The molecule has 0 fully saturated rings. The Balaban J connectivity index is 2.58. The predicted octanol–water partition coefficient (Wildman–Crippen LogP) is 3.78. The number of hydrogen-bond acceptors (Lipinski definition) is 2. The average molecular weight is 249 g/mol. The second kappa shape index (κ2) is 5.75. The Kier molecular flexibility index (Phi) is 4.80. The van der Waals surface area contributed by atoms with Crippen LogP contribution in [-0.4, -0.2) is 12.6 Å². The zero-order valence-corrected chi connectivity index (χ0v) is 12.4. The molecule has 1 rings (SSSR count). The minimum Gasteiger partial charge on any atom is -0.497 e. The zero-order valence-electron chi connectivity index (χ0n) is 12.4. The van der Waals surface area contributed by atoms with Crippen LogP contribution in [0.2, 0.25) is 0 Å². The van der Waals surface area contributed by atoms with Gasteiger partial charge in [0.25, 0.3) is 0 Å². The highest BCUT2D eigenvalue weighted by molar-refractivity contribution is 5.28. The van der Waals surface area contributed by atoms with E-state index in [0.717, 1.165) is 25.0 Å². The van der Waals surface area contributed by atoms with Crippen LogP contribution in [0.25, 0.3) is 0 Å². The number of methoxy groups -OCH3 is 1. The second-order valence-electron chi connectivity index (χ2n) is 6.74. The summed E-state index contributed by atoms with van der Waals surface area (Å²) in [6.07, 6.45) is 3.10. The van der Waals surface area contributed by atoms with Crippen LogP contribution in [0.4, 0.5) is 0 Å². The van der Waals surface area contributed by atoms with Crippen molar-refractivity contribution in [1.29, 1.82) is 0 Å². The summed E-state index contributed by atoms with van der Waals surface area (Å²) >= 11 is 0. The molecule has 1 aromatic rings. The van der Waals surface area contributed by atoms with E-state index in [1.165, 1.54) is 5.56 Å². The Labute approximate surface area is 112 Å². The van der Waals surface area contributed by atoms with Crippen LogP contribution in [-0.2, 0) is 6.42 Å². The van der Waals surface area contributed by atoms with E-state index in [1.54, 1.807) is 7.11 Å². The molecule has 0 aliphatic carbocycles. The third kappa shape index (κ3) is 5.54. The van der Waals surface area contributed by atoms with E-state index in [9.17, 15) is 0 Å². The molecule has 1 unspecified atom stereocenters. The zero-order chi connectivity index (χ0) is 13.8. The van der Waals surface area contributed by atoms with Gasteiger partial charge in [-0.25, -0.2) is 0 Å². The average Bonchev–Trinajstić information content (AvgIpc) is 2.26. The summed E-state index contributed by atoms with van der Waals surface area (Å²) in [6, 6.07) is 8.19. The van der Waals surface area contributed by atoms with Gasteiger partial charge in [-0.3, -0.25) is 0 Å². The van der Waals surface area contributed by atoms with Crippen molar-refractivity contribution in [2.24, 2.45) is 11.1 Å². The van der Waals surface area contributed by atoms with Crippen LogP contribution >= 0.6 is 0 Å². The maximum atomic E-state index is 6.40. The third-order valence-electron chi connectivity index (χ3n) is 3.21. The van der Waals surface area contributed by atoms with Crippen molar-refractivity contribution in [2.45, 2.75) is 52.5 Å². The molecule has 2 nitrogen and oxygen atoms in total. The summed E-state index contributed by atoms with van der Waals surface area (Å²) < 4.78 is 5.16. The number of ether oxygens (including phenoxy) is 1. The van der Waals surface area contributed by atoms with Crippen LogP contribution in [0.1, 0.15) is 46.1 Å². The van der Waals surface area contributed by atoms with Crippen molar-refractivity contribution in [2.75, 3.05) is 7.11 Å². The lowest BCUT2D eigenvalue weighted by Gasteiger charge is -2.29. The Morgan fingerprint density at radius 3 is 2.00 bits per heavy atom. The normalized spacial score (nSPS) is 15.2. The molecule has 18 heavy (non-hydrogen) atoms. The largest absolute Gasteiger partial charge is 0.497 e. The van der Waals surface area contributed by atoms with E-state index in [2.05, 4.69) is 39.8 Å². The standard InChI is InChI=1S/C16H27NO/c1-15(2,3)10-11-16(4,17)12-13-6-8-14(18-5)9-7-13/h6-9H,10-12,17H2,1-5H3. The molecule has 2 N–H and O–H groups in total. The van der Waals surface area contributed by atoms with Gasteiger partial charge in [0.05, 0.1) is 7.11 Å². The van der Waals surface area contributed by atoms with Gasteiger partial charge in [0.1, 0.15) is 5.75 Å². The van der Waals surface area contributed by atoms with Gasteiger partial charge in [-0.15, -0.1) is 0 Å². The molecular formula is C16H27NO.